The van der Waals surface area contributed by atoms with E-state index in [9.17, 15) is 0 Å². The van der Waals surface area contributed by atoms with Crippen molar-refractivity contribution >= 4 is 29.1 Å². The summed E-state index contributed by atoms with van der Waals surface area (Å²) in [6.07, 6.45) is -0.419. The first kappa shape index (κ1) is 16.2. The summed E-state index contributed by atoms with van der Waals surface area (Å²) in [6, 6.07) is 15.5. The summed E-state index contributed by atoms with van der Waals surface area (Å²) in [6.45, 7) is 2.05. The maximum absolute atomic E-state index is 6.17. The topological polar surface area (TPSA) is 59.9 Å². The Morgan fingerprint density at radius 2 is 2.04 bits per heavy atom. The maximum Gasteiger partial charge on any atom is 0.247 e. The van der Waals surface area contributed by atoms with Gasteiger partial charge in [0.1, 0.15) is 0 Å². The van der Waals surface area contributed by atoms with Crippen LogP contribution in [0.1, 0.15) is 18.7 Å². The molecular formula is C18H15ClN4OS. The summed E-state index contributed by atoms with van der Waals surface area (Å²) < 4.78 is 6.17. The molecule has 2 heterocycles. The first-order valence-corrected chi connectivity index (χ1v) is 9.26. The highest BCUT2D eigenvalue weighted by atomic mass is 35.5. The summed E-state index contributed by atoms with van der Waals surface area (Å²) in [7, 11) is 0. The first-order valence-electron chi connectivity index (χ1n) is 7.90. The summed E-state index contributed by atoms with van der Waals surface area (Å²) in [5.41, 5.74) is 3.37. The van der Waals surface area contributed by atoms with Crippen LogP contribution in [0, 0.1) is 0 Å². The van der Waals surface area contributed by atoms with Crippen LogP contribution in [0.4, 0.5) is 5.69 Å². The van der Waals surface area contributed by atoms with Crippen LogP contribution in [0.2, 0.25) is 5.02 Å². The van der Waals surface area contributed by atoms with E-state index in [4.69, 9.17) is 16.3 Å². The van der Waals surface area contributed by atoms with Crippen LogP contribution in [0.3, 0.4) is 0 Å². The van der Waals surface area contributed by atoms with Crippen LogP contribution in [-0.2, 0) is 0 Å². The molecule has 1 aliphatic rings. The molecule has 126 valence electrons. The van der Waals surface area contributed by atoms with Crippen molar-refractivity contribution in [3.8, 4) is 17.1 Å². The second-order valence-electron chi connectivity index (χ2n) is 5.42. The van der Waals surface area contributed by atoms with E-state index in [2.05, 4.69) is 20.5 Å². The fourth-order valence-corrected chi connectivity index (χ4v) is 3.36. The number of para-hydroxylation sites is 1. The molecule has 1 atom stereocenters. The monoisotopic (exact) mass is 370 g/mol. The van der Waals surface area contributed by atoms with E-state index in [1.165, 1.54) is 11.8 Å². The van der Waals surface area contributed by atoms with Crippen LogP contribution in [0.15, 0.2) is 53.7 Å². The first-order chi connectivity index (χ1) is 12.2. The van der Waals surface area contributed by atoms with Crippen molar-refractivity contribution in [1.29, 1.82) is 0 Å². The quantitative estimate of drug-likeness (QED) is 0.668. The van der Waals surface area contributed by atoms with Crippen LogP contribution < -0.4 is 10.1 Å². The molecule has 0 saturated carbocycles. The maximum atomic E-state index is 6.17. The van der Waals surface area contributed by atoms with Crippen LogP contribution >= 0.6 is 23.4 Å². The summed E-state index contributed by atoms with van der Waals surface area (Å²) in [5, 5.41) is 13.2. The van der Waals surface area contributed by atoms with E-state index in [-0.39, 0.29) is 0 Å². The number of fused-ring (bicyclic) bond motifs is 3. The Morgan fingerprint density at radius 3 is 2.88 bits per heavy atom. The van der Waals surface area contributed by atoms with E-state index in [0.29, 0.717) is 21.8 Å². The van der Waals surface area contributed by atoms with Gasteiger partial charge in [-0.3, -0.25) is 0 Å². The van der Waals surface area contributed by atoms with Crippen LogP contribution in [-0.4, -0.2) is 20.9 Å². The zero-order valence-electron chi connectivity index (χ0n) is 13.4. The van der Waals surface area contributed by atoms with Crippen molar-refractivity contribution in [3.63, 3.8) is 0 Å². The van der Waals surface area contributed by atoms with Gasteiger partial charge in [0.25, 0.3) is 0 Å². The molecular weight excluding hydrogens is 356 g/mol. The van der Waals surface area contributed by atoms with Gasteiger partial charge in [0.05, 0.1) is 0 Å². The number of benzene rings is 2. The highest BCUT2D eigenvalue weighted by Gasteiger charge is 2.25. The van der Waals surface area contributed by atoms with Gasteiger partial charge in [-0.15, -0.1) is 10.2 Å². The minimum absolute atomic E-state index is 0.419. The Labute approximate surface area is 154 Å². The molecule has 25 heavy (non-hydrogen) atoms. The zero-order valence-corrected chi connectivity index (χ0v) is 15.0. The van der Waals surface area contributed by atoms with Gasteiger partial charge in [-0.1, -0.05) is 60.6 Å². The van der Waals surface area contributed by atoms with Crippen LogP contribution in [0.25, 0.3) is 11.3 Å². The summed E-state index contributed by atoms with van der Waals surface area (Å²) in [5.74, 6) is 1.33. The Hall–Kier alpha value is -2.31. The third-order valence-corrected chi connectivity index (χ3v) is 4.71. The fourth-order valence-electron chi connectivity index (χ4n) is 2.66. The van der Waals surface area contributed by atoms with E-state index in [1.54, 1.807) is 0 Å². The molecule has 0 unspecified atom stereocenters. The molecule has 0 aliphatic carbocycles. The number of rotatable bonds is 3. The second kappa shape index (κ2) is 6.90. The Bertz CT molecular complexity index is 921. The van der Waals surface area contributed by atoms with Crippen molar-refractivity contribution < 1.29 is 4.74 Å². The number of nitrogens with zero attached hydrogens (tertiary/aromatic N) is 3. The lowest BCUT2D eigenvalue weighted by molar-refractivity contribution is 0.225. The van der Waals surface area contributed by atoms with Gasteiger partial charge in [-0.05, 0) is 24.0 Å². The molecule has 2 aromatic carbocycles. The Morgan fingerprint density at radius 1 is 1.16 bits per heavy atom. The number of nitrogens with one attached hydrogen (secondary N) is 1. The van der Waals surface area contributed by atoms with Crippen molar-refractivity contribution in [1.82, 2.24) is 15.2 Å². The molecule has 3 aromatic rings. The molecule has 1 N–H and O–H groups in total. The highest BCUT2D eigenvalue weighted by Crippen LogP contribution is 2.39. The molecule has 7 heteroatoms. The molecule has 0 bridgehead atoms. The summed E-state index contributed by atoms with van der Waals surface area (Å²) in [4.78, 5) is 4.55. The van der Waals surface area contributed by atoms with Crippen molar-refractivity contribution in [3.05, 3.63) is 59.1 Å². The number of anilines is 1. The molecule has 1 aliphatic heterocycles. The van der Waals surface area contributed by atoms with Crippen LogP contribution in [0.5, 0.6) is 5.88 Å². The predicted molar refractivity (Wildman–Crippen MR) is 100 cm³/mol. The molecule has 0 spiro atoms. The van der Waals surface area contributed by atoms with E-state index >= 15 is 0 Å². The molecule has 0 radical (unpaired) electrons. The molecule has 0 fully saturated rings. The lowest BCUT2D eigenvalue weighted by Gasteiger charge is -2.19. The second-order valence-corrected chi connectivity index (χ2v) is 7.09. The van der Waals surface area contributed by atoms with Gasteiger partial charge < -0.3 is 10.1 Å². The Balaban J connectivity index is 1.84. The minimum atomic E-state index is -0.419. The third kappa shape index (κ3) is 3.27. The van der Waals surface area contributed by atoms with Gasteiger partial charge >= 0.3 is 0 Å². The van der Waals surface area contributed by atoms with E-state index in [0.717, 1.165) is 22.6 Å². The zero-order chi connectivity index (χ0) is 17.2. The normalized spacial score (nSPS) is 15.4. The standard InChI is InChI=1S/C18H15ClN4OS/c1-2-25-18-21-17-15(22-23-18)13-8-3-4-9-14(13)20-16(24-17)11-6-5-7-12(19)10-11/h3-10,16,20H,2H2,1H3/t16-/m1/s1. The van der Waals surface area contributed by atoms with Gasteiger partial charge in [-0.25, -0.2) is 0 Å². The van der Waals surface area contributed by atoms with Crippen molar-refractivity contribution in [2.24, 2.45) is 0 Å². The largest absolute Gasteiger partial charge is 0.448 e. The minimum Gasteiger partial charge on any atom is -0.448 e. The molecule has 1 aromatic heterocycles. The molecule has 0 amide bonds. The lowest BCUT2D eigenvalue weighted by Crippen LogP contribution is -2.17. The van der Waals surface area contributed by atoms with Gasteiger partial charge in [0, 0.05) is 21.8 Å². The average Bonchev–Trinajstić information content (AvgIpc) is 2.78. The number of hydrogen-bond acceptors (Lipinski definition) is 6. The third-order valence-electron chi connectivity index (χ3n) is 3.76. The Kier molecular flexibility index (Phi) is 4.46. The number of thioether (sulfide) groups is 1. The number of ether oxygens (including phenoxy) is 1. The van der Waals surface area contributed by atoms with Gasteiger partial charge in [-0.2, -0.15) is 4.98 Å². The number of aromatic nitrogens is 3. The fraction of sp³-hybridized carbons (Fsp3) is 0.167. The number of hydrogen-bond donors (Lipinski definition) is 1. The number of halogens is 1. The van der Waals surface area contributed by atoms with Crippen molar-refractivity contribution in [2.75, 3.05) is 11.1 Å². The van der Waals surface area contributed by atoms with E-state index in [1.807, 2.05) is 55.5 Å². The molecule has 5 nitrogen and oxygen atoms in total. The van der Waals surface area contributed by atoms with E-state index < -0.39 is 6.23 Å². The van der Waals surface area contributed by atoms with Gasteiger partial charge in [0.2, 0.25) is 11.0 Å². The van der Waals surface area contributed by atoms with Gasteiger partial charge in [0.15, 0.2) is 11.9 Å². The lowest BCUT2D eigenvalue weighted by atomic mass is 10.1. The van der Waals surface area contributed by atoms with Crippen molar-refractivity contribution in [2.45, 2.75) is 18.3 Å². The smallest absolute Gasteiger partial charge is 0.247 e. The highest BCUT2D eigenvalue weighted by molar-refractivity contribution is 7.99. The average molecular weight is 371 g/mol. The summed E-state index contributed by atoms with van der Waals surface area (Å²) >= 11 is 7.68. The predicted octanol–water partition coefficient (Wildman–Crippen LogP) is 4.81. The SMILES string of the molecule is CCSc1nnc2c(n1)O[C@H](c1cccc(Cl)c1)Nc1ccccc1-2. The molecule has 4 rings (SSSR count). The molecule has 0 saturated heterocycles.